The molecule has 1 N–H and O–H groups in total. The van der Waals surface area contributed by atoms with Crippen molar-refractivity contribution in [3.8, 4) is 0 Å². The van der Waals surface area contributed by atoms with E-state index in [2.05, 4.69) is 10.5 Å². The number of rotatable bonds is 7. The molecule has 9 heteroatoms. The fraction of sp³-hybridized carbons (Fsp3) is 0.0400. The predicted molar refractivity (Wildman–Crippen MR) is 137 cm³/mol. The summed E-state index contributed by atoms with van der Waals surface area (Å²) in [6.07, 6.45) is 1.52. The SMILES string of the molecule is O=C(CN(c1cc(Cl)cc(Cl)c1)S(=O)(=O)c1ccccc1)N/N=C\c1cccc2ccccc12. The maximum Gasteiger partial charge on any atom is 0.264 e. The van der Waals surface area contributed by atoms with Crippen LogP contribution in [-0.4, -0.2) is 27.1 Å². The van der Waals surface area contributed by atoms with Crippen LogP contribution < -0.4 is 9.73 Å². The molecule has 0 atom stereocenters. The van der Waals surface area contributed by atoms with E-state index in [9.17, 15) is 13.2 Å². The summed E-state index contributed by atoms with van der Waals surface area (Å²) >= 11 is 12.2. The number of nitrogens with one attached hydrogen (secondary N) is 1. The molecule has 0 aliphatic carbocycles. The Morgan fingerprint density at radius 1 is 0.882 bits per heavy atom. The normalized spacial score (nSPS) is 11.6. The van der Waals surface area contributed by atoms with Gasteiger partial charge in [0, 0.05) is 15.6 Å². The molecule has 4 aromatic carbocycles. The Kier molecular flexibility index (Phi) is 7.17. The number of carbonyl (C=O) groups excluding carboxylic acids is 1. The van der Waals surface area contributed by atoms with Crippen LogP contribution in [0.3, 0.4) is 0 Å². The predicted octanol–water partition coefficient (Wildman–Crippen LogP) is 5.49. The Morgan fingerprint density at radius 2 is 1.53 bits per heavy atom. The lowest BCUT2D eigenvalue weighted by Crippen LogP contribution is -2.39. The number of halogens is 2. The minimum Gasteiger partial charge on any atom is -0.271 e. The van der Waals surface area contributed by atoms with E-state index in [1.165, 1.54) is 36.5 Å². The lowest BCUT2D eigenvalue weighted by molar-refractivity contribution is -0.119. The van der Waals surface area contributed by atoms with Crippen molar-refractivity contribution in [1.82, 2.24) is 5.43 Å². The molecule has 0 fully saturated rings. The third-order valence-corrected chi connectivity index (χ3v) is 7.19. The second kappa shape index (κ2) is 10.3. The molecule has 0 heterocycles. The van der Waals surface area contributed by atoms with Gasteiger partial charge in [-0.25, -0.2) is 13.8 Å². The van der Waals surface area contributed by atoms with Crippen molar-refractivity contribution in [3.63, 3.8) is 0 Å². The van der Waals surface area contributed by atoms with Gasteiger partial charge >= 0.3 is 0 Å². The summed E-state index contributed by atoms with van der Waals surface area (Å²) < 4.78 is 27.7. The zero-order valence-electron chi connectivity index (χ0n) is 17.7. The van der Waals surface area contributed by atoms with E-state index >= 15 is 0 Å². The molecular weight excluding hydrogens is 493 g/mol. The number of sulfonamides is 1. The highest BCUT2D eigenvalue weighted by Gasteiger charge is 2.27. The Bertz CT molecular complexity index is 1450. The molecule has 0 saturated heterocycles. The molecule has 0 aromatic heterocycles. The number of benzene rings is 4. The number of carbonyl (C=O) groups is 1. The van der Waals surface area contributed by atoms with Crippen molar-refractivity contribution in [2.45, 2.75) is 4.90 Å². The summed E-state index contributed by atoms with van der Waals surface area (Å²) in [5.74, 6) is -0.632. The van der Waals surface area contributed by atoms with Gasteiger partial charge < -0.3 is 0 Å². The number of amides is 1. The minimum atomic E-state index is -4.09. The monoisotopic (exact) mass is 511 g/mol. The molecule has 1 amide bonds. The van der Waals surface area contributed by atoms with Crippen LogP contribution in [-0.2, 0) is 14.8 Å². The van der Waals surface area contributed by atoms with Crippen molar-refractivity contribution >= 4 is 61.8 Å². The molecule has 0 aliphatic heterocycles. The van der Waals surface area contributed by atoms with E-state index in [-0.39, 0.29) is 20.6 Å². The topological polar surface area (TPSA) is 78.8 Å². The molecular formula is C25H19Cl2N3O3S. The van der Waals surface area contributed by atoms with Crippen molar-refractivity contribution in [2.24, 2.45) is 5.10 Å². The first kappa shape index (κ1) is 23.8. The summed E-state index contributed by atoms with van der Waals surface area (Å²) in [6.45, 7) is -0.527. The van der Waals surface area contributed by atoms with Gasteiger partial charge in [-0.1, -0.05) is 83.9 Å². The third kappa shape index (κ3) is 5.39. The highest BCUT2D eigenvalue weighted by Crippen LogP contribution is 2.29. The largest absolute Gasteiger partial charge is 0.271 e. The third-order valence-electron chi connectivity index (χ3n) is 4.97. The van der Waals surface area contributed by atoms with Crippen LogP contribution in [0.2, 0.25) is 10.0 Å². The van der Waals surface area contributed by atoms with E-state index < -0.39 is 22.5 Å². The maximum absolute atomic E-state index is 13.4. The maximum atomic E-state index is 13.4. The summed E-state index contributed by atoms with van der Waals surface area (Å²) in [5, 5.41) is 6.53. The average molecular weight is 512 g/mol. The lowest BCUT2D eigenvalue weighted by atomic mass is 10.1. The summed E-state index contributed by atoms with van der Waals surface area (Å²) in [5.41, 5.74) is 3.38. The van der Waals surface area contributed by atoms with Crippen LogP contribution >= 0.6 is 23.2 Å². The van der Waals surface area contributed by atoms with Crippen molar-refractivity contribution in [1.29, 1.82) is 0 Å². The highest BCUT2D eigenvalue weighted by molar-refractivity contribution is 7.92. The molecule has 172 valence electrons. The number of fused-ring (bicyclic) bond motifs is 1. The quantitative estimate of drug-likeness (QED) is 0.263. The molecule has 0 radical (unpaired) electrons. The minimum absolute atomic E-state index is 0.0261. The van der Waals surface area contributed by atoms with Crippen LogP contribution in [0.4, 0.5) is 5.69 Å². The molecule has 6 nitrogen and oxygen atoms in total. The molecule has 4 aromatic rings. The molecule has 0 unspecified atom stereocenters. The van der Waals surface area contributed by atoms with Crippen molar-refractivity contribution < 1.29 is 13.2 Å². The molecule has 0 bridgehead atoms. The highest BCUT2D eigenvalue weighted by atomic mass is 35.5. The smallest absolute Gasteiger partial charge is 0.264 e. The molecule has 0 aliphatic rings. The Hall–Kier alpha value is -3.39. The van der Waals surface area contributed by atoms with Gasteiger partial charge in [-0.05, 0) is 41.1 Å². The van der Waals surface area contributed by atoms with Crippen LogP contribution in [0.1, 0.15) is 5.56 Å². The lowest BCUT2D eigenvalue weighted by Gasteiger charge is -2.24. The van der Waals surface area contributed by atoms with Gasteiger partial charge in [0.25, 0.3) is 15.9 Å². The second-order valence-electron chi connectivity index (χ2n) is 7.31. The Morgan fingerprint density at radius 3 is 2.26 bits per heavy atom. The molecule has 34 heavy (non-hydrogen) atoms. The van der Waals surface area contributed by atoms with Gasteiger partial charge in [0.05, 0.1) is 16.8 Å². The zero-order chi connectivity index (χ0) is 24.1. The number of hydrazone groups is 1. The summed E-state index contributed by atoms with van der Waals surface area (Å²) in [6, 6.07) is 25.7. The van der Waals surface area contributed by atoms with Gasteiger partial charge in [-0.15, -0.1) is 0 Å². The van der Waals surface area contributed by atoms with Gasteiger partial charge in [0.15, 0.2) is 0 Å². The van der Waals surface area contributed by atoms with Gasteiger partial charge in [0.2, 0.25) is 0 Å². The number of anilines is 1. The average Bonchev–Trinajstić information content (AvgIpc) is 2.82. The van der Waals surface area contributed by atoms with E-state index in [1.807, 2.05) is 42.5 Å². The van der Waals surface area contributed by atoms with Gasteiger partial charge in [0.1, 0.15) is 6.54 Å². The van der Waals surface area contributed by atoms with Crippen LogP contribution in [0.25, 0.3) is 10.8 Å². The molecule has 0 spiro atoms. The Balaban J connectivity index is 1.60. The first-order valence-electron chi connectivity index (χ1n) is 10.2. The number of nitrogens with zero attached hydrogens (tertiary/aromatic N) is 2. The summed E-state index contributed by atoms with van der Waals surface area (Å²) in [4.78, 5) is 12.8. The van der Waals surface area contributed by atoms with E-state index in [4.69, 9.17) is 23.2 Å². The van der Waals surface area contributed by atoms with E-state index in [1.54, 1.807) is 18.2 Å². The molecule has 0 saturated carbocycles. The van der Waals surface area contributed by atoms with Crippen molar-refractivity contribution in [2.75, 3.05) is 10.8 Å². The number of hydrogen-bond donors (Lipinski definition) is 1. The van der Waals surface area contributed by atoms with Crippen molar-refractivity contribution in [3.05, 3.63) is 107 Å². The fourth-order valence-corrected chi connectivity index (χ4v) is 5.36. The van der Waals surface area contributed by atoms with Crippen LogP contribution in [0.15, 0.2) is 101 Å². The first-order valence-corrected chi connectivity index (χ1v) is 12.4. The van der Waals surface area contributed by atoms with Gasteiger partial charge in [-0.2, -0.15) is 5.10 Å². The van der Waals surface area contributed by atoms with Gasteiger partial charge in [-0.3, -0.25) is 9.10 Å². The fourth-order valence-electron chi connectivity index (χ4n) is 3.42. The van der Waals surface area contributed by atoms with E-state index in [0.29, 0.717) is 0 Å². The second-order valence-corrected chi connectivity index (χ2v) is 10.0. The Labute approximate surface area is 207 Å². The summed E-state index contributed by atoms with van der Waals surface area (Å²) in [7, 11) is -4.09. The first-order chi connectivity index (χ1) is 16.3. The number of hydrogen-bond acceptors (Lipinski definition) is 4. The standard InChI is InChI=1S/C25H19Cl2N3O3S/c26-20-13-21(27)15-22(14-20)30(34(32,33)23-10-2-1-3-11-23)17-25(31)29-28-16-19-9-6-8-18-7-4-5-12-24(18)19/h1-16H,17H2,(H,29,31)/b28-16-. The van der Waals surface area contributed by atoms with Crippen LogP contribution in [0.5, 0.6) is 0 Å². The molecule has 4 rings (SSSR count). The van der Waals surface area contributed by atoms with Crippen LogP contribution in [0, 0.1) is 0 Å². The van der Waals surface area contributed by atoms with E-state index in [0.717, 1.165) is 20.6 Å². The zero-order valence-corrected chi connectivity index (χ0v) is 20.1.